The van der Waals surface area contributed by atoms with Crippen molar-refractivity contribution in [3.8, 4) is 5.75 Å². The van der Waals surface area contributed by atoms with Gasteiger partial charge in [-0.3, -0.25) is 4.79 Å². The molecule has 0 bridgehead atoms. The van der Waals surface area contributed by atoms with Crippen molar-refractivity contribution < 1.29 is 14.6 Å². The Morgan fingerprint density at radius 3 is 2.83 bits per heavy atom. The maximum atomic E-state index is 13.0. The van der Waals surface area contributed by atoms with Crippen molar-refractivity contribution >= 4 is 5.91 Å². The standard InChI is InChI=1S/C19H19NO3/c1-23-13-6-7-15-16(10-13)19(22)20-9-8-12-4-2-3-5-14(12)18(20)17(15)11-21/h2-7,10,17-18,21H,8-9,11H2,1H3/t17-,18+/m1/s1. The molecule has 4 heteroatoms. The molecule has 2 aromatic rings. The Labute approximate surface area is 135 Å². The Morgan fingerprint density at radius 2 is 2.04 bits per heavy atom. The second-order valence-electron chi connectivity index (χ2n) is 6.13. The van der Waals surface area contributed by atoms with E-state index in [-0.39, 0.29) is 24.5 Å². The zero-order chi connectivity index (χ0) is 16.0. The van der Waals surface area contributed by atoms with E-state index in [1.54, 1.807) is 13.2 Å². The molecule has 2 aromatic carbocycles. The molecule has 0 aromatic heterocycles. The second kappa shape index (κ2) is 5.39. The van der Waals surface area contributed by atoms with Gasteiger partial charge in [0.1, 0.15) is 5.75 Å². The number of aliphatic hydroxyl groups excluding tert-OH is 1. The van der Waals surface area contributed by atoms with Crippen LogP contribution in [-0.4, -0.2) is 36.2 Å². The lowest BCUT2D eigenvalue weighted by Crippen LogP contribution is -2.47. The van der Waals surface area contributed by atoms with E-state index in [1.165, 1.54) is 5.56 Å². The van der Waals surface area contributed by atoms with Crippen LogP contribution in [0.4, 0.5) is 0 Å². The highest BCUT2D eigenvalue weighted by atomic mass is 16.5. The summed E-state index contributed by atoms with van der Waals surface area (Å²) in [6.45, 7) is 0.704. The SMILES string of the molecule is COc1ccc2c(c1)C(=O)N1CCc3ccccc3[C@H]1[C@@H]2CO. The molecule has 1 N–H and O–H groups in total. The summed E-state index contributed by atoms with van der Waals surface area (Å²) in [7, 11) is 1.60. The summed E-state index contributed by atoms with van der Waals surface area (Å²) >= 11 is 0. The van der Waals surface area contributed by atoms with Gasteiger partial charge >= 0.3 is 0 Å². The van der Waals surface area contributed by atoms with Gasteiger partial charge in [0, 0.05) is 18.0 Å². The van der Waals surface area contributed by atoms with Gasteiger partial charge in [0.15, 0.2) is 0 Å². The van der Waals surface area contributed by atoms with Crippen molar-refractivity contribution in [1.29, 1.82) is 0 Å². The average molecular weight is 309 g/mol. The van der Waals surface area contributed by atoms with E-state index in [2.05, 4.69) is 12.1 Å². The Morgan fingerprint density at radius 1 is 1.22 bits per heavy atom. The van der Waals surface area contributed by atoms with Crippen LogP contribution in [0.3, 0.4) is 0 Å². The number of ether oxygens (including phenoxy) is 1. The van der Waals surface area contributed by atoms with Gasteiger partial charge in [-0.05, 0) is 35.2 Å². The number of fused-ring (bicyclic) bond motifs is 4. The van der Waals surface area contributed by atoms with Crippen molar-refractivity contribution in [1.82, 2.24) is 4.90 Å². The molecule has 0 aliphatic carbocycles. The van der Waals surface area contributed by atoms with Crippen LogP contribution in [0.15, 0.2) is 42.5 Å². The molecule has 0 radical (unpaired) electrons. The molecule has 2 heterocycles. The molecule has 4 nitrogen and oxygen atoms in total. The summed E-state index contributed by atoms with van der Waals surface area (Å²) in [6, 6.07) is 13.7. The predicted molar refractivity (Wildman–Crippen MR) is 86.7 cm³/mol. The molecule has 118 valence electrons. The van der Waals surface area contributed by atoms with E-state index in [0.717, 1.165) is 17.5 Å². The normalized spacial score (nSPS) is 22.2. The van der Waals surface area contributed by atoms with E-state index in [9.17, 15) is 9.90 Å². The average Bonchev–Trinajstić information content (AvgIpc) is 2.61. The number of carbonyl (C=O) groups excluding carboxylic acids is 1. The van der Waals surface area contributed by atoms with Gasteiger partial charge in [-0.2, -0.15) is 0 Å². The highest BCUT2D eigenvalue weighted by Gasteiger charge is 2.42. The summed E-state index contributed by atoms with van der Waals surface area (Å²) in [5.41, 5.74) is 4.00. The smallest absolute Gasteiger partial charge is 0.254 e. The van der Waals surface area contributed by atoms with Crippen LogP contribution in [0.25, 0.3) is 0 Å². The molecule has 2 aliphatic rings. The van der Waals surface area contributed by atoms with Crippen LogP contribution in [-0.2, 0) is 6.42 Å². The van der Waals surface area contributed by atoms with Gasteiger partial charge in [-0.15, -0.1) is 0 Å². The van der Waals surface area contributed by atoms with Crippen LogP contribution < -0.4 is 4.74 Å². The monoisotopic (exact) mass is 309 g/mol. The van der Waals surface area contributed by atoms with Gasteiger partial charge < -0.3 is 14.7 Å². The fourth-order valence-electron chi connectivity index (χ4n) is 3.95. The largest absolute Gasteiger partial charge is 0.497 e. The molecule has 0 saturated heterocycles. The quantitative estimate of drug-likeness (QED) is 0.927. The van der Waals surface area contributed by atoms with Crippen LogP contribution in [0, 0.1) is 0 Å². The summed E-state index contributed by atoms with van der Waals surface area (Å²) in [5.74, 6) is 0.600. The highest BCUT2D eigenvalue weighted by molar-refractivity contribution is 5.98. The topological polar surface area (TPSA) is 49.8 Å². The number of hydrogen-bond donors (Lipinski definition) is 1. The maximum Gasteiger partial charge on any atom is 0.254 e. The zero-order valence-corrected chi connectivity index (χ0v) is 13.0. The molecule has 0 unspecified atom stereocenters. The van der Waals surface area contributed by atoms with Crippen molar-refractivity contribution in [2.24, 2.45) is 0 Å². The third-order valence-electron chi connectivity index (χ3n) is 5.06. The molecule has 4 rings (SSSR count). The maximum absolute atomic E-state index is 13.0. The summed E-state index contributed by atoms with van der Waals surface area (Å²) in [5, 5.41) is 10.0. The Kier molecular flexibility index (Phi) is 3.34. The van der Waals surface area contributed by atoms with E-state index in [0.29, 0.717) is 17.9 Å². The number of nitrogens with zero attached hydrogens (tertiary/aromatic N) is 1. The molecule has 2 atom stereocenters. The number of hydrogen-bond acceptors (Lipinski definition) is 3. The van der Waals surface area contributed by atoms with Gasteiger partial charge in [-0.25, -0.2) is 0 Å². The highest BCUT2D eigenvalue weighted by Crippen LogP contribution is 2.46. The number of aliphatic hydroxyl groups is 1. The fourth-order valence-corrected chi connectivity index (χ4v) is 3.95. The Balaban J connectivity index is 1.89. The van der Waals surface area contributed by atoms with Crippen LogP contribution in [0.1, 0.15) is 39.0 Å². The summed E-state index contributed by atoms with van der Waals surface area (Å²) < 4.78 is 5.26. The second-order valence-corrected chi connectivity index (χ2v) is 6.13. The molecule has 0 spiro atoms. The Hall–Kier alpha value is -2.33. The van der Waals surface area contributed by atoms with Crippen LogP contribution in [0.2, 0.25) is 0 Å². The van der Waals surface area contributed by atoms with E-state index >= 15 is 0 Å². The van der Waals surface area contributed by atoms with Gasteiger partial charge in [-0.1, -0.05) is 30.3 Å². The number of amides is 1. The zero-order valence-electron chi connectivity index (χ0n) is 13.0. The van der Waals surface area contributed by atoms with E-state index < -0.39 is 0 Å². The number of methoxy groups -OCH3 is 1. The number of benzene rings is 2. The molecular formula is C19H19NO3. The lowest BCUT2D eigenvalue weighted by Gasteiger charge is -2.45. The minimum Gasteiger partial charge on any atom is -0.497 e. The van der Waals surface area contributed by atoms with E-state index in [4.69, 9.17) is 4.74 Å². The molecule has 2 aliphatic heterocycles. The molecule has 0 fully saturated rings. The first-order chi connectivity index (χ1) is 11.2. The first-order valence-corrected chi connectivity index (χ1v) is 7.92. The fraction of sp³-hybridized carbons (Fsp3) is 0.316. The number of rotatable bonds is 2. The van der Waals surface area contributed by atoms with Crippen LogP contribution in [0.5, 0.6) is 5.75 Å². The van der Waals surface area contributed by atoms with Crippen molar-refractivity contribution in [3.05, 3.63) is 64.7 Å². The van der Waals surface area contributed by atoms with Gasteiger partial charge in [0.2, 0.25) is 0 Å². The lowest BCUT2D eigenvalue weighted by molar-refractivity contribution is 0.0541. The summed E-state index contributed by atoms with van der Waals surface area (Å²) in [4.78, 5) is 14.9. The van der Waals surface area contributed by atoms with Gasteiger partial charge in [0.05, 0.1) is 19.8 Å². The third kappa shape index (κ3) is 2.05. The first kappa shape index (κ1) is 14.3. The van der Waals surface area contributed by atoms with Gasteiger partial charge in [0.25, 0.3) is 5.91 Å². The third-order valence-corrected chi connectivity index (χ3v) is 5.06. The van der Waals surface area contributed by atoms with Crippen molar-refractivity contribution in [3.63, 3.8) is 0 Å². The summed E-state index contributed by atoms with van der Waals surface area (Å²) in [6.07, 6.45) is 0.857. The molecule has 23 heavy (non-hydrogen) atoms. The van der Waals surface area contributed by atoms with Crippen LogP contribution >= 0.6 is 0 Å². The molecule has 0 saturated carbocycles. The molecular weight excluding hydrogens is 290 g/mol. The van der Waals surface area contributed by atoms with E-state index in [1.807, 2.05) is 29.2 Å². The van der Waals surface area contributed by atoms with Crippen molar-refractivity contribution in [2.45, 2.75) is 18.4 Å². The lowest BCUT2D eigenvalue weighted by atomic mass is 9.76. The minimum atomic E-state index is -0.102. The number of carbonyl (C=O) groups is 1. The first-order valence-electron chi connectivity index (χ1n) is 7.92. The molecule has 1 amide bonds. The predicted octanol–water partition coefficient (Wildman–Crippen LogP) is 2.52. The van der Waals surface area contributed by atoms with Crippen molar-refractivity contribution in [2.75, 3.05) is 20.3 Å². The Bertz CT molecular complexity index is 771. The minimum absolute atomic E-state index is 0.0160.